The van der Waals surface area contributed by atoms with Crippen LogP contribution in [0.3, 0.4) is 0 Å². The zero-order chi connectivity index (χ0) is 26.5. The highest BCUT2D eigenvalue weighted by atomic mass is 16.6. The van der Waals surface area contributed by atoms with Gasteiger partial charge < -0.3 is 29.2 Å². The molecule has 3 aliphatic rings. The SMILES string of the molecule is C=C1C(OC(C)=O)CC(C(C)C)C2C1C1OC2C(C)(OC(C)=O)CCC(OC(C)=O)C(C)(O)C1O. The Morgan fingerprint density at radius 2 is 1.69 bits per heavy atom. The number of carbonyl (C=O) groups excluding carboxylic acids is 3. The summed E-state index contributed by atoms with van der Waals surface area (Å²) in [5.41, 5.74) is -2.39. The van der Waals surface area contributed by atoms with Crippen molar-refractivity contribution in [2.45, 2.75) is 109 Å². The van der Waals surface area contributed by atoms with E-state index in [-0.39, 0.29) is 30.6 Å². The molecule has 0 aromatic rings. The fourth-order valence-electron chi connectivity index (χ4n) is 6.53. The molecule has 35 heavy (non-hydrogen) atoms. The maximum absolute atomic E-state index is 12.2. The van der Waals surface area contributed by atoms with E-state index in [0.29, 0.717) is 12.0 Å². The van der Waals surface area contributed by atoms with Crippen LogP contribution in [0.2, 0.25) is 0 Å². The molecule has 0 spiro atoms. The van der Waals surface area contributed by atoms with Crippen molar-refractivity contribution in [2.75, 3.05) is 0 Å². The Morgan fingerprint density at radius 1 is 1.09 bits per heavy atom. The third-order valence-electron chi connectivity index (χ3n) is 8.16. The number of aliphatic hydroxyl groups is 2. The van der Waals surface area contributed by atoms with Gasteiger partial charge in [0.1, 0.15) is 35.6 Å². The van der Waals surface area contributed by atoms with Crippen molar-refractivity contribution in [3.63, 3.8) is 0 Å². The van der Waals surface area contributed by atoms with E-state index in [9.17, 15) is 24.6 Å². The lowest BCUT2D eigenvalue weighted by Gasteiger charge is -2.48. The highest BCUT2D eigenvalue weighted by Crippen LogP contribution is 2.56. The molecule has 9 heteroatoms. The van der Waals surface area contributed by atoms with E-state index in [1.165, 1.54) is 27.7 Å². The van der Waals surface area contributed by atoms with Crippen LogP contribution in [0.25, 0.3) is 0 Å². The van der Waals surface area contributed by atoms with Crippen LogP contribution in [0.5, 0.6) is 0 Å². The monoisotopic (exact) mass is 496 g/mol. The van der Waals surface area contributed by atoms with Crippen molar-refractivity contribution in [3.8, 4) is 0 Å². The van der Waals surface area contributed by atoms with Gasteiger partial charge in [-0.05, 0) is 50.5 Å². The van der Waals surface area contributed by atoms with Crippen LogP contribution in [0.4, 0.5) is 0 Å². The second-order valence-corrected chi connectivity index (χ2v) is 11.2. The summed E-state index contributed by atoms with van der Waals surface area (Å²) in [6.45, 7) is 15.5. The van der Waals surface area contributed by atoms with Crippen molar-refractivity contribution in [2.24, 2.45) is 23.7 Å². The molecule has 2 bridgehead atoms. The highest BCUT2D eigenvalue weighted by molar-refractivity contribution is 5.67. The van der Waals surface area contributed by atoms with E-state index in [4.69, 9.17) is 18.9 Å². The summed E-state index contributed by atoms with van der Waals surface area (Å²) in [7, 11) is 0. The lowest BCUT2D eigenvalue weighted by atomic mass is 9.59. The molecule has 10 unspecified atom stereocenters. The Hall–Kier alpha value is -1.97. The predicted octanol–water partition coefficient (Wildman–Crippen LogP) is 2.31. The number of hydrogen-bond donors (Lipinski definition) is 2. The van der Waals surface area contributed by atoms with Crippen LogP contribution in [0.1, 0.15) is 67.7 Å². The highest BCUT2D eigenvalue weighted by Gasteiger charge is 2.64. The minimum Gasteiger partial charge on any atom is -0.459 e. The molecular formula is C26H40O9. The summed E-state index contributed by atoms with van der Waals surface area (Å²) in [5, 5.41) is 23.0. The third-order valence-corrected chi connectivity index (χ3v) is 8.16. The zero-order valence-corrected chi connectivity index (χ0v) is 21.8. The van der Waals surface area contributed by atoms with E-state index in [1.54, 1.807) is 6.92 Å². The molecule has 0 aromatic carbocycles. The Morgan fingerprint density at radius 3 is 2.20 bits per heavy atom. The van der Waals surface area contributed by atoms with E-state index in [1.807, 2.05) is 0 Å². The lowest BCUT2D eigenvalue weighted by molar-refractivity contribution is -0.197. The summed E-state index contributed by atoms with van der Waals surface area (Å²) in [4.78, 5) is 35.9. The van der Waals surface area contributed by atoms with Crippen molar-refractivity contribution < 1.29 is 43.5 Å². The van der Waals surface area contributed by atoms with Crippen molar-refractivity contribution in [1.82, 2.24) is 0 Å². The number of fused-ring (bicyclic) bond motifs is 5. The molecule has 2 N–H and O–H groups in total. The molecule has 0 amide bonds. The predicted molar refractivity (Wildman–Crippen MR) is 125 cm³/mol. The minimum absolute atomic E-state index is 0.000533. The third kappa shape index (κ3) is 5.13. The number of carbonyl (C=O) groups is 3. The number of esters is 3. The molecule has 9 nitrogen and oxygen atoms in total. The van der Waals surface area contributed by atoms with Gasteiger partial charge in [0.15, 0.2) is 0 Å². The van der Waals surface area contributed by atoms with Gasteiger partial charge >= 0.3 is 17.9 Å². The summed E-state index contributed by atoms with van der Waals surface area (Å²) < 4.78 is 23.4. The molecule has 2 saturated heterocycles. The summed E-state index contributed by atoms with van der Waals surface area (Å²) in [6.07, 6.45) is -3.74. The fraction of sp³-hybridized carbons (Fsp3) is 0.808. The molecular weight excluding hydrogens is 456 g/mol. The molecule has 0 radical (unpaired) electrons. The van der Waals surface area contributed by atoms with Crippen molar-refractivity contribution >= 4 is 17.9 Å². The molecule has 10 atom stereocenters. The van der Waals surface area contributed by atoms with Crippen LogP contribution < -0.4 is 0 Å². The molecule has 2 aliphatic heterocycles. The van der Waals surface area contributed by atoms with Crippen molar-refractivity contribution in [1.29, 1.82) is 0 Å². The lowest BCUT2D eigenvalue weighted by Crippen LogP contribution is -2.59. The average Bonchev–Trinajstić information content (AvgIpc) is 3.12. The maximum atomic E-state index is 12.2. The second-order valence-electron chi connectivity index (χ2n) is 11.2. The van der Waals surface area contributed by atoms with E-state index in [2.05, 4.69) is 20.4 Å². The van der Waals surface area contributed by atoms with Gasteiger partial charge in [-0.15, -0.1) is 0 Å². The number of ether oxygens (including phenoxy) is 4. The number of rotatable bonds is 4. The van der Waals surface area contributed by atoms with Gasteiger partial charge in [-0.2, -0.15) is 0 Å². The van der Waals surface area contributed by atoms with Crippen LogP contribution in [0.15, 0.2) is 12.2 Å². The Labute approximate surface area is 207 Å². The molecule has 2 heterocycles. The normalized spacial score (nSPS) is 43.4. The van der Waals surface area contributed by atoms with Gasteiger partial charge in [0.05, 0.1) is 6.10 Å². The smallest absolute Gasteiger partial charge is 0.303 e. The average molecular weight is 497 g/mol. The first kappa shape index (κ1) is 27.6. The number of hydrogen-bond acceptors (Lipinski definition) is 9. The second kappa shape index (κ2) is 9.82. The topological polar surface area (TPSA) is 129 Å². The molecule has 3 rings (SSSR count). The Balaban J connectivity index is 2.17. The zero-order valence-electron chi connectivity index (χ0n) is 21.8. The fourth-order valence-corrected chi connectivity index (χ4v) is 6.53. The first-order valence-corrected chi connectivity index (χ1v) is 12.4. The van der Waals surface area contributed by atoms with E-state index in [0.717, 1.165) is 0 Å². The van der Waals surface area contributed by atoms with Crippen LogP contribution in [0, 0.1) is 23.7 Å². The summed E-state index contributed by atoms with van der Waals surface area (Å²) >= 11 is 0. The maximum Gasteiger partial charge on any atom is 0.303 e. The standard InChI is InChI=1S/C26H40O9/c1-12(2)17-11-18(32-14(4)27)13(3)20-21(17)24-25(7,35-16(6)29)10-9-19(33-15(5)28)26(8,31)23(30)22(20)34-24/h12,17-24,30-31H,3,9-11H2,1-2,4-8H3. The molecule has 3 fully saturated rings. The van der Waals surface area contributed by atoms with Gasteiger partial charge in [-0.1, -0.05) is 20.4 Å². The Kier molecular flexibility index (Phi) is 7.75. The van der Waals surface area contributed by atoms with Gasteiger partial charge in [0, 0.05) is 32.6 Å². The van der Waals surface area contributed by atoms with Gasteiger partial charge in [0.25, 0.3) is 0 Å². The number of aliphatic hydroxyl groups excluding tert-OH is 1. The van der Waals surface area contributed by atoms with Crippen LogP contribution in [-0.4, -0.2) is 69.8 Å². The first-order valence-electron chi connectivity index (χ1n) is 12.4. The van der Waals surface area contributed by atoms with E-state index < -0.39 is 65.5 Å². The quantitative estimate of drug-likeness (QED) is 0.342. The van der Waals surface area contributed by atoms with E-state index >= 15 is 0 Å². The van der Waals surface area contributed by atoms with Crippen molar-refractivity contribution in [3.05, 3.63) is 12.2 Å². The summed E-state index contributed by atoms with van der Waals surface area (Å²) in [5.74, 6) is -2.05. The van der Waals surface area contributed by atoms with Gasteiger partial charge in [-0.25, -0.2) is 0 Å². The molecule has 0 aromatic heterocycles. The van der Waals surface area contributed by atoms with Crippen LogP contribution >= 0.6 is 0 Å². The van der Waals surface area contributed by atoms with Crippen LogP contribution in [-0.2, 0) is 33.3 Å². The van der Waals surface area contributed by atoms with Gasteiger partial charge in [0.2, 0.25) is 0 Å². The largest absolute Gasteiger partial charge is 0.459 e. The molecule has 198 valence electrons. The molecule has 1 aliphatic carbocycles. The summed E-state index contributed by atoms with van der Waals surface area (Å²) in [6, 6.07) is 0. The Bertz CT molecular complexity index is 865. The minimum atomic E-state index is -1.86. The van der Waals surface area contributed by atoms with Gasteiger partial charge in [-0.3, -0.25) is 14.4 Å². The first-order chi connectivity index (χ1) is 16.1. The molecule has 1 saturated carbocycles.